The summed E-state index contributed by atoms with van der Waals surface area (Å²) in [4.78, 5) is 12.2. The van der Waals surface area contributed by atoms with Gasteiger partial charge in [-0.1, -0.05) is 19.9 Å². The highest BCUT2D eigenvalue weighted by Gasteiger charge is 2.17. The number of carbonyl (C=O) groups is 1. The van der Waals surface area contributed by atoms with Gasteiger partial charge in [0.2, 0.25) is 0 Å². The molecular weight excluding hydrogens is 278 g/mol. The molecule has 0 radical (unpaired) electrons. The van der Waals surface area contributed by atoms with E-state index in [2.05, 4.69) is 5.32 Å². The van der Waals surface area contributed by atoms with Crippen molar-refractivity contribution < 1.29 is 18.3 Å². The number of hydrogen-bond acceptors (Lipinski definition) is 4. The Labute approximate surface area is 119 Å². The van der Waals surface area contributed by atoms with Crippen LogP contribution in [0.25, 0.3) is 0 Å². The van der Waals surface area contributed by atoms with Crippen molar-refractivity contribution in [3.05, 3.63) is 29.8 Å². The predicted molar refractivity (Wildman–Crippen MR) is 77.3 cm³/mol. The van der Waals surface area contributed by atoms with Crippen molar-refractivity contribution in [3.63, 3.8) is 0 Å². The topological polar surface area (TPSA) is 83.5 Å². The fourth-order valence-electron chi connectivity index (χ4n) is 1.83. The Kier molecular flexibility index (Phi) is 5.71. The number of rotatable bonds is 6. The number of benzene rings is 1. The molecule has 6 heteroatoms. The molecule has 1 rings (SSSR count). The average molecular weight is 299 g/mol. The fourth-order valence-corrected chi connectivity index (χ4v) is 2.50. The van der Waals surface area contributed by atoms with Gasteiger partial charge in [-0.15, -0.1) is 0 Å². The monoisotopic (exact) mass is 299 g/mol. The Morgan fingerprint density at radius 2 is 2.00 bits per heavy atom. The molecule has 1 aromatic rings. The Morgan fingerprint density at radius 1 is 1.35 bits per heavy atom. The summed E-state index contributed by atoms with van der Waals surface area (Å²) in [6.07, 6.45) is 1.57. The van der Waals surface area contributed by atoms with Crippen LogP contribution in [0.4, 0.5) is 0 Å². The number of sulfone groups is 1. The number of hydrogen-bond donors (Lipinski definition) is 2. The maximum atomic E-state index is 12.1. The molecule has 1 atom stereocenters. The van der Waals surface area contributed by atoms with Crippen molar-refractivity contribution >= 4 is 15.7 Å². The number of carbonyl (C=O) groups excluding carboxylic acids is 1. The molecule has 0 spiro atoms. The molecule has 5 nitrogen and oxygen atoms in total. The minimum Gasteiger partial charge on any atom is -0.396 e. The van der Waals surface area contributed by atoms with E-state index in [4.69, 9.17) is 5.11 Å². The molecule has 0 fully saturated rings. The van der Waals surface area contributed by atoms with E-state index in [9.17, 15) is 13.2 Å². The highest BCUT2D eigenvalue weighted by atomic mass is 32.2. The summed E-state index contributed by atoms with van der Waals surface area (Å²) in [6.45, 7) is 3.90. The summed E-state index contributed by atoms with van der Waals surface area (Å²) in [5.41, 5.74) is 0.302. The van der Waals surface area contributed by atoms with Crippen molar-refractivity contribution in [2.24, 2.45) is 5.92 Å². The summed E-state index contributed by atoms with van der Waals surface area (Å²) in [5, 5.41) is 11.8. The zero-order valence-electron chi connectivity index (χ0n) is 12.0. The fraction of sp³-hybridized carbons (Fsp3) is 0.500. The van der Waals surface area contributed by atoms with Crippen molar-refractivity contribution in [1.82, 2.24) is 5.32 Å². The first-order chi connectivity index (χ1) is 9.25. The molecule has 20 heavy (non-hydrogen) atoms. The Bertz CT molecular complexity index is 566. The van der Waals surface area contributed by atoms with Crippen LogP contribution in [-0.4, -0.2) is 38.3 Å². The molecule has 0 aromatic heterocycles. The van der Waals surface area contributed by atoms with Crippen LogP contribution in [0.15, 0.2) is 29.2 Å². The van der Waals surface area contributed by atoms with Gasteiger partial charge in [-0.2, -0.15) is 0 Å². The lowest BCUT2D eigenvalue weighted by atomic mass is 10.0. The van der Waals surface area contributed by atoms with Gasteiger partial charge in [-0.25, -0.2) is 8.42 Å². The molecule has 0 aliphatic carbocycles. The van der Waals surface area contributed by atoms with E-state index in [1.807, 2.05) is 13.8 Å². The third kappa shape index (κ3) is 4.61. The minimum atomic E-state index is -3.33. The van der Waals surface area contributed by atoms with E-state index in [0.29, 0.717) is 12.0 Å². The molecule has 112 valence electrons. The smallest absolute Gasteiger partial charge is 0.251 e. The second-order valence-corrected chi connectivity index (χ2v) is 7.15. The van der Waals surface area contributed by atoms with Gasteiger partial charge in [-0.3, -0.25) is 4.79 Å². The SMILES string of the molecule is CC(C)C(CCO)NC(=O)c1cccc(S(C)(=O)=O)c1. The first-order valence-electron chi connectivity index (χ1n) is 6.47. The van der Waals surface area contributed by atoms with E-state index in [-0.39, 0.29) is 29.4 Å². The zero-order valence-corrected chi connectivity index (χ0v) is 12.8. The van der Waals surface area contributed by atoms with Gasteiger partial charge < -0.3 is 10.4 Å². The van der Waals surface area contributed by atoms with E-state index in [1.165, 1.54) is 12.1 Å². The van der Waals surface area contributed by atoms with Crippen LogP contribution in [0, 0.1) is 5.92 Å². The van der Waals surface area contributed by atoms with Crippen molar-refractivity contribution in [1.29, 1.82) is 0 Å². The molecule has 0 saturated carbocycles. The van der Waals surface area contributed by atoms with Gasteiger partial charge in [0.05, 0.1) is 4.90 Å². The average Bonchev–Trinajstić information content (AvgIpc) is 2.37. The van der Waals surface area contributed by atoms with E-state index in [1.54, 1.807) is 12.1 Å². The second-order valence-electron chi connectivity index (χ2n) is 5.14. The summed E-state index contributed by atoms with van der Waals surface area (Å²) in [7, 11) is -3.33. The molecule has 0 heterocycles. The maximum Gasteiger partial charge on any atom is 0.251 e. The molecule has 0 bridgehead atoms. The number of amides is 1. The van der Waals surface area contributed by atoms with Crippen molar-refractivity contribution in [2.75, 3.05) is 12.9 Å². The molecule has 1 unspecified atom stereocenters. The van der Waals surface area contributed by atoms with Crippen LogP contribution in [0.1, 0.15) is 30.6 Å². The third-order valence-corrected chi connectivity index (χ3v) is 4.20. The van der Waals surface area contributed by atoms with E-state index < -0.39 is 9.84 Å². The second kappa shape index (κ2) is 6.85. The minimum absolute atomic E-state index is 0.00743. The number of aliphatic hydroxyl groups is 1. The van der Waals surface area contributed by atoms with Gasteiger partial charge in [0.25, 0.3) is 5.91 Å². The van der Waals surface area contributed by atoms with Gasteiger partial charge in [0.15, 0.2) is 9.84 Å². The van der Waals surface area contributed by atoms with Crippen LogP contribution < -0.4 is 5.32 Å². The normalized spacial score (nSPS) is 13.2. The number of nitrogens with one attached hydrogen (secondary N) is 1. The predicted octanol–water partition coefficient (Wildman–Crippen LogP) is 1.23. The molecule has 2 N–H and O–H groups in total. The van der Waals surface area contributed by atoms with Crippen molar-refractivity contribution in [3.8, 4) is 0 Å². The highest BCUT2D eigenvalue weighted by Crippen LogP contribution is 2.13. The third-order valence-electron chi connectivity index (χ3n) is 3.09. The standard InChI is InChI=1S/C14H21NO4S/c1-10(2)13(7-8-16)15-14(17)11-5-4-6-12(9-11)20(3,18)19/h4-6,9-10,13,16H,7-8H2,1-3H3,(H,15,17). The summed E-state index contributed by atoms with van der Waals surface area (Å²) in [5.74, 6) is -0.146. The maximum absolute atomic E-state index is 12.1. The molecule has 0 saturated heterocycles. The molecule has 0 aliphatic heterocycles. The van der Waals surface area contributed by atoms with Gasteiger partial charge in [-0.05, 0) is 30.5 Å². The molecule has 1 aromatic carbocycles. The first-order valence-corrected chi connectivity index (χ1v) is 8.36. The zero-order chi connectivity index (χ0) is 15.3. The Morgan fingerprint density at radius 3 is 2.50 bits per heavy atom. The lowest BCUT2D eigenvalue weighted by Gasteiger charge is -2.21. The Balaban J connectivity index is 2.92. The number of aliphatic hydroxyl groups excluding tert-OH is 1. The highest BCUT2D eigenvalue weighted by molar-refractivity contribution is 7.90. The van der Waals surface area contributed by atoms with Gasteiger partial charge in [0, 0.05) is 24.5 Å². The lowest BCUT2D eigenvalue weighted by Crippen LogP contribution is -2.39. The van der Waals surface area contributed by atoms with Crippen LogP contribution in [0.2, 0.25) is 0 Å². The van der Waals surface area contributed by atoms with E-state index in [0.717, 1.165) is 6.26 Å². The van der Waals surface area contributed by atoms with E-state index >= 15 is 0 Å². The van der Waals surface area contributed by atoms with Crippen molar-refractivity contribution in [2.45, 2.75) is 31.2 Å². The molecule has 1 amide bonds. The molecular formula is C14H21NO4S. The van der Waals surface area contributed by atoms with Crippen LogP contribution in [0.3, 0.4) is 0 Å². The van der Waals surface area contributed by atoms with Crippen LogP contribution >= 0.6 is 0 Å². The quantitative estimate of drug-likeness (QED) is 0.827. The van der Waals surface area contributed by atoms with Gasteiger partial charge in [0.1, 0.15) is 0 Å². The summed E-state index contributed by atoms with van der Waals surface area (Å²) < 4.78 is 23.0. The summed E-state index contributed by atoms with van der Waals surface area (Å²) in [6, 6.07) is 5.79. The van der Waals surface area contributed by atoms with Gasteiger partial charge >= 0.3 is 0 Å². The first kappa shape index (κ1) is 16.7. The van der Waals surface area contributed by atoms with Crippen LogP contribution in [0.5, 0.6) is 0 Å². The summed E-state index contributed by atoms with van der Waals surface area (Å²) >= 11 is 0. The Hall–Kier alpha value is -1.40. The largest absolute Gasteiger partial charge is 0.396 e. The lowest BCUT2D eigenvalue weighted by molar-refractivity contribution is 0.0916. The van der Waals surface area contributed by atoms with Crippen LogP contribution in [-0.2, 0) is 9.84 Å². The molecule has 0 aliphatic rings.